The van der Waals surface area contributed by atoms with Gasteiger partial charge in [-0.3, -0.25) is 4.79 Å². The van der Waals surface area contributed by atoms with Crippen LogP contribution in [0.2, 0.25) is 0 Å². The van der Waals surface area contributed by atoms with Crippen molar-refractivity contribution in [3.05, 3.63) is 41.7 Å². The largest absolute Gasteiger partial charge is 0.360 e. The molecule has 2 saturated heterocycles. The number of hydrogen-bond donors (Lipinski definition) is 2. The van der Waals surface area contributed by atoms with E-state index in [0.29, 0.717) is 29.1 Å². The molecule has 2 aliphatic heterocycles. The first-order valence-electron chi connectivity index (χ1n) is 8.29. The molecule has 2 aromatic rings. The third kappa shape index (κ3) is 3.19. The molecule has 2 unspecified atom stereocenters. The van der Waals surface area contributed by atoms with E-state index >= 15 is 0 Å². The van der Waals surface area contributed by atoms with E-state index in [9.17, 15) is 4.79 Å². The minimum absolute atomic E-state index is 0. The molecule has 128 valence electrons. The summed E-state index contributed by atoms with van der Waals surface area (Å²) >= 11 is 0. The van der Waals surface area contributed by atoms with Crippen molar-refractivity contribution in [2.45, 2.75) is 50.7 Å². The van der Waals surface area contributed by atoms with E-state index in [2.05, 4.69) is 15.8 Å². The minimum Gasteiger partial charge on any atom is -0.360 e. The van der Waals surface area contributed by atoms with E-state index in [0.717, 1.165) is 18.4 Å². The SMILES string of the molecule is Cc1onc(-c2ccccc2)c1C(=O)NC1CC2CCC(C1)N2.Cl. The second-order valence-electron chi connectivity index (χ2n) is 6.61. The number of fused-ring (bicyclic) bond motifs is 2. The molecule has 2 bridgehead atoms. The Hall–Kier alpha value is -1.85. The van der Waals surface area contributed by atoms with Crippen molar-refractivity contribution in [3.8, 4) is 11.3 Å². The highest BCUT2D eigenvalue weighted by Gasteiger charge is 2.35. The van der Waals surface area contributed by atoms with Crippen LogP contribution in [0, 0.1) is 6.92 Å². The Morgan fingerprint density at radius 2 is 1.88 bits per heavy atom. The second-order valence-corrected chi connectivity index (χ2v) is 6.61. The van der Waals surface area contributed by atoms with Gasteiger partial charge in [0.15, 0.2) is 0 Å². The van der Waals surface area contributed by atoms with Crippen LogP contribution in [0.1, 0.15) is 41.8 Å². The van der Waals surface area contributed by atoms with Gasteiger partial charge in [-0.2, -0.15) is 0 Å². The molecular formula is C18H22ClN3O2. The van der Waals surface area contributed by atoms with Crippen LogP contribution in [0.4, 0.5) is 0 Å². The van der Waals surface area contributed by atoms with Crippen LogP contribution in [-0.2, 0) is 0 Å². The summed E-state index contributed by atoms with van der Waals surface area (Å²) in [5, 5.41) is 10.9. The van der Waals surface area contributed by atoms with Crippen LogP contribution >= 0.6 is 12.4 Å². The number of aryl methyl sites for hydroxylation is 1. The van der Waals surface area contributed by atoms with Gasteiger partial charge in [0.2, 0.25) is 0 Å². The number of piperidine rings is 1. The van der Waals surface area contributed by atoms with Gasteiger partial charge in [-0.05, 0) is 32.6 Å². The van der Waals surface area contributed by atoms with Crippen LogP contribution in [-0.4, -0.2) is 29.2 Å². The van der Waals surface area contributed by atoms with Crippen molar-refractivity contribution in [1.82, 2.24) is 15.8 Å². The average molecular weight is 348 g/mol. The van der Waals surface area contributed by atoms with Crippen LogP contribution in [0.15, 0.2) is 34.9 Å². The van der Waals surface area contributed by atoms with Crippen molar-refractivity contribution in [2.75, 3.05) is 0 Å². The molecule has 5 nitrogen and oxygen atoms in total. The van der Waals surface area contributed by atoms with Gasteiger partial charge in [-0.1, -0.05) is 35.5 Å². The zero-order valence-corrected chi connectivity index (χ0v) is 14.4. The van der Waals surface area contributed by atoms with E-state index in [-0.39, 0.29) is 24.4 Å². The Bertz CT molecular complexity index is 704. The number of hydrogen-bond acceptors (Lipinski definition) is 4. The maximum absolute atomic E-state index is 12.8. The molecule has 0 saturated carbocycles. The summed E-state index contributed by atoms with van der Waals surface area (Å²) in [5.41, 5.74) is 2.08. The van der Waals surface area contributed by atoms with E-state index in [4.69, 9.17) is 4.52 Å². The summed E-state index contributed by atoms with van der Waals surface area (Å²) in [4.78, 5) is 12.8. The van der Waals surface area contributed by atoms with Gasteiger partial charge in [-0.15, -0.1) is 12.4 Å². The molecule has 1 aromatic carbocycles. The van der Waals surface area contributed by atoms with Gasteiger partial charge in [0.25, 0.3) is 5.91 Å². The number of carbonyl (C=O) groups is 1. The van der Waals surface area contributed by atoms with Gasteiger partial charge in [0.1, 0.15) is 17.0 Å². The summed E-state index contributed by atoms with van der Waals surface area (Å²) in [6, 6.07) is 11.0. The lowest BCUT2D eigenvalue weighted by Crippen LogP contribution is -2.48. The highest BCUT2D eigenvalue weighted by Crippen LogP contribution is 2.28. The van der Waals surface area contributed by atoms with Crippen LogP contribution in [0.5, 0.6) is 0 Å². The van der Waals surface area contributed by atoms with E-state index in [1.807, 2.05) is 30.3 Å². The highest BCUT2D eigenvalue weighted by molar-refractivity contribution is 6.00. The first-order chi connectivity index (χ1) is 11.2. The molecule has 24 heavy (non-hydrogen) atoms. The molecule has 1 aromatic heterocycles. The molecular weight excluding hydrogens is 326 g/mol. The molecule has 2 atom stereocenters. The minimum atomic E-state index is -0.0751. The summed E-state index contributed by atoms with van der Waals surface area (Å²) in [7, 11) is 0. The molecule has 4 rings (SSSR count). The van der Waals surface area contributed by atoms with Crippen molar-refractivity contribution >= 4 is 18.3 Å². The molecule has 2 fully saturated rings. The molecule has 1 amide bonds. The van der Waals surface area contributed by atoms with E-state index < -0.39 is 0 Å². The number of halogens is 1. The second kappa shape index (κ2) is 6.95. The van der Waals surface area contributed by atoms with Crippen LogP contribution in [0.3, 0.4) is 0 Å². The molecule has 0 radical (unpaired) electrons. The zero-order chi connectivity index (χ0) is 15.8. The van der Waals surface area contributed by atoms with Gasteiger partial charge < -0.3 is 15.2 Å². The Morgan fingerprint density at radius 1 is 1.21 bits per heavy atom. The lowest BCUT2D eigenvalue weighted by Gasteiger charge is -2.29. The Balaban J connectivity index is 0.00000169. The lowest BCUT2D eigenvalue weighted by molar-refractivity contribution is 0.0923. The zero-order valence-electron chi connectivity index (χ0n) is 13.6. The maximum Gasteiger partial charge on any atom is 0.257 e. The standard InChI is InChI=1S/C18H21N3O2.ClH/c1-11-16(17(21-23-11)12-5-3-2-4-6-12)18(22)20-15-9-13-7-8-14(10-15)19-13;/h2-6,13-15,19H,7-10H2,1H3,(H,20,22);1H. The Labute approximate surface area is 147 Å². The third-order valence-electron chi connectivity index (χ3n) is 4.95. The van der Waals surface area contributed by atoms with Crippen LogP contribution < -0.4 is 10.6 Å². The lowest BCUT2D eigenvalue weighted by atomic mass is 9.98. The predicted molar refractivity (Wildman–Crippen MR) is 94.4 cm³/mol. The fourth-order valence-electron chi connectivity index (χ4n) is 3.87. The van der Waals surface area contributed by atoms with Gasteiger partial charge in [0, 0.05) is 23.7 Å². The summed E-state index contributed by atoms with van der Waals surface area (Å²) in [6.45, 7) is 1.79. The van der Waals surface area contributed by atoms with Crippen molar-refractivity contribution in [1.29, 1.82) is 0 Å². The molecule has 0 spiro atoms. The predicted octanol–water partition coefficient (Wildman–Crippen LogP) is 3.08. The summed E-state index contributed by atoms with van der Waals surface area (Å²) < 4.78 is 5.29. The van der Waals surface area contributed by atoms with E-state index in [1.54, 1.807) is 6.92 Å². The Morgan fingerprint density at radius 3 is 2.54 bits per heavy atom. The average Bonchev–Trinajstić information content (AvgIpc) is 3.10. The summed E-state index contributed by atoms with van der Waals surface area (Å²) in [6.07, 6.45) is 4.46. The number of nitrogens with zero attached hydrogens (tertiary/aromatic N) is 1. The number of amides is 1. The van der Waals surface area contributed by atoms with Crippen molar-refractivity contribution in [2.24, 2.45) is 0 Å². The smallest absolute Gasteiger partial charge is 0.257 e. The van der Waals surface area contributed by atoms with Gasteiger partial charge in [-0.25, -0.2) is 0 Å². The monoisotopic (exact) mass is 347 g/mol. The van der Waals surface area contributed by atoms with Crippen molar-refractivity contribution in [3.63, 3.8) is 0 Å². The quantitative estimate of drug-likeness (QED) is 0.895. The van der Waals surface area contributed by atoms with Gasteiger partial charge >= 0.3 is 0 Å². The number of benzene rings is 1. The maximum atomic E-state index is 12.8. The Kier molecular flexibility index (Phi) is 4.92. The highest BCUT2D eigenvalue weighted by atomic mass is 35.5. The summed E-state index contributed by atoms with van der Waals surface area (Å²) in [5.74, 6) is 0.493. The first kappa shape index (κ1) is 17.0. The van der Waals surface area contributed by atoms with Crippen molar-refractivity contribution < 1.29 is 9.32 Å². The van der Waals surface area contributed by atoms with Crippen LogP contribution in [0.25, 0.3) is 11.3 Å². The third-order valence-corrected chi connectivity index (χ3v) is 4.95. The first-order valence-corrected chi connectivity index (χ1v) is 8.29. The number of aromatic nitrogens is 1. The number of rotatable bonds is 3. The fourth-order valence-corrected chi connectivity index (χ4v) is 3.87. The molecule has 2 aliphatic rings. The molecule has 2 N–H and O–H groups in total. The number of carbonyl (C=O) groups excluding carboxylic acids is 1. The van der Waals surface area contributed by atoms with Gasteiger partial charge in [0.05, 0.1) is 0 Å². The molecule has 6 heteroatoms. The van der Waals surface area contributed by atoms with E-state index in [1.165, 1.54) is 12.8 Å². The topological polar surface area (TPSA) is 67.2 Å². The fraction of sp³-hybridized carbons (Fsp3) is 0.444. The number of nitrogens with one attached hydrogen (secondary N) is 2. The normalized spacial score (nSPS) is 25.1. The molecule has 3 heterocycles. The molecule has 0 aliphatic carbocycles.